The molecule has 0 fully saturated rings. The number of rotatable bonds is 4. The predicted octanol–water partition coefficient (Wildman–Crippen LogP) is 5.04. The molecule has 0 radical (unpaired) electrons. The maximum Gasteiger partial charge on any atom is 0.274 e. The monoisotopic (exact) mass is 337 g/mol. The minimum atomic E-state index is -0.241. The first kappa shape index (κ1) is 16.0. The van der Waals surface area contributed by atoms with Crippen molar-refractivity contribution >= 4 is 34.6 Å². The van der Waals surface area contributed by atoms with Crippen molar-refractivity contribution in [1.29, 1.82) is 0 Å². The third-order valence-electron chi connectivity index (χ3n) is 3.39. The van der Waals surface area contributed by atoms with Crippen molar-refractivity contribution in [3.05, 3.63) is 83.1 Å². The van der Waals surface area contributed by atoms with Crippen molar-refractivity contribution in [2.24, 2.45) is 0 Å². The fourth-order valence-electron chi connectivity index (χ4n) is 2.25. The highest BCUT2D eigenvalue weighted by Gasteiger charge is 2.08. The Labute approximate surface area is 145 Å². The first-order valence-electron chi connectivity index (χ1n) is 7.47. The summed E-state index contributed by atoms with van der Waals surface area (Å²) in [6, 6.07) is 18.5. The molecule has 0 spiro atoms. The van der Waals surface area contributed by atoms with Gasteiger partial charge in [0.25, 0.3) is 5.91 Å². The smallest absolute Gasteiger partial charge is 0.274 e. The molecule has 3 rings (SSSR count). The Bertz CT molecular complexity index is 862. The predicted molar refractivity (Wildman–Crippen MR) is 98.1 cm³/mol. The number of anilines is 3. The Morgan fingerprint density at radius 3 is 2.46 bits per heavy atom. The minimum absolute atomic E-state index is 0.241. The number of benzene rings is 2. The zero-order valence-corrected chi connectivity index (χ0v) is 13.8. The van der Waals surface area contributed by atoms with Gasteiger partial charge in [0.05, 0.1) is 11.9 Å². The average molecular weight is 338 g/mol. The Morgan fingerprint density at radius 2 is 1.75 bits per heavy atom. The number of hydrogen-bond donors (Lipinski definition) is 2. The summed E-state index contributed by atoms with van der Waals surface area (Å²) < 4.78 is 0. The SMILES string of the molecule is Cc1cccc(NC(=O)c2ccc(Nc3cccc(Cl)c3)cn2)c1. The number of amides is 1. The van der Waals surface area contributed by atoms with E-state index in [2.05, 4.69) is 15.6 Å². The van der Waals surface area contributed by atoms with E-state index in [1.165, 1.54) is 0 Å². The van der Waals surface area contributed by atoms with Crippen molar-refractivity contribution in [3.63, 3.8) is 0 Å². The molecule has 2 aromatic carbocycles. The quantitative estimate of drug-likeness (QED) is 0.701. The lowest BCUT2D eigenvalue weighted by molar-refractivity contribution is 0.102. The highest BCUT2D eigenvalue weighted by atomic mass is 35.5. The first-order chi connectivity index (χ1) is 11.6. The summed E-state index contributed by atoms with van der Waals surface area (Å²) >= 11 is 5.96. The van der Waals surface area contributed by atoms with Gasteiger partial charge < -0.3 is 10.6 Å². The van der Waals surface area contributed by atoms with Crippen LogP contribution in [-0.4, -0.2) is 10.9 Å². The number of hydrogen-bond acceptors (Lipinski definition) is 3. The Kier molecular flexibility index (Phi) is 4.77. The summed E-state index contributed by atoms with van der Waals surface area (Å²) in [6.07, 6.45) is 1.62. The lowest BCUT2D eigenvalue weighted by Gasteiger charge is -2.08. The summed E-state index contributed by atoms with van der Waals surface area (Å²) in [5.74, 6) is -0.241. The molecule has 0 saturated heterocycles. The molecule has 24 heavy (non-hydrogen) atoms. The van der Waals surface area contributed by atoms with Crippen LogP contribution in [0, 0.1) is 6.92 Å². The molecule has 5 heteroatoms. The van der Waals surface area contributed by atoms with Gasteiger partial charge in [-0.1, -0.05) is 29.8 Å². The molecule has 1 aromatic heterocycles. The Hall–Kier alpha value is -2.85. The maximum atomic E-state index is 12.2. The van der Waals surface area contributed by atoms with Gasteiger partial charge in [0.15, 0.2) is 0 Å². The number of nitrogens with one attached hydrogen (secondary N) is 2. The lowest BCUT2D eigenvalue weighted by atomic mass is 10.2. The fourth-order valence-corrected chi connectivity index (χ4v) is 2.44. The van der Waals surface area contributed by atoms with Crippen LogP contribution in [0.2, 0.25) is 5.02 Å². The van der Waals surface area contributed by atoms with Gasteiger partial charge in [0.2, 0.25) is 0 Å². The molecule has 2 N–H and O–H groups in total. The van der Waals surface area contributed by atoms with E-state index in [-0.39, 0.29) is 5.91 Å². The maximum absolute atomic E-state index is 12.2. The van der Waals surface area contributed by atoms with Crippen LogP contribution in [0.15, 0.2) is 66.9 Å². The summed E-state index contributed by atoms with van der Waals surface area (Å²) in [7, 11) is 0. The normalized spacial score (nSPS) is 10.2. The number of carbonyl (C=O) groups is 1. The number of pyridine rings is 1. The molecular formula is C19H16ClN3O. The zero-order valence-electron chi connectivity index (χ0n) is 13.1. The van der Waals surface area contributed by atoms with E-state index < -0.39 is 0 Å². The van der Waals surface area contributed by atoms with Crippen LogP contribution in [0.5, 0.6) is 0 Å². The van der Waals surface area contributed by atoms with E-state index in [1.54, 1.807) is 18.3 Å². The van der Waals surface area contributed by atoms with Gasteiger partial charge in [0, 0.05) is 16.4 Å². The minimum Gasteiger partial charge on any atom is -0.354 e. The summed E-state index contributed by atoms with van der Waals surface area (Å²) in [5, 5.41) is 6.68. The van der Waals surface area contributed by atoms with E-state index in [0.29, 0.717) is 10.7 Å². The summed E-state index contributed by atoms with van der Waals surface area (Å²) in [5.41, 5.74) is 3.84. The van der Waals surface area contributed by atoms with Gasteiger partial charge in [-0.2, -0.15) is 0 Å². The van der Waals surface area contributed by atoms with Crippen molar-refractivity contribution in [3.8, 4) is 0 Å². The molecule has 0 aliphatic heterocycles. The molecular weight excluding hydrogens is 322 g/mol. The van der Waals surface area contributed by atoms with Crippen molar-refractivity contribution in [2.45, 2.75) is 6.92 Å². The molecule has 0 aliphatic rings. The van der Waals surface area contributed by atoms with Crippen LogP contribution in [0.3, 0.4) is 0 Å². The number of aromatic nitrogens is 1. The Morgan fingerprint density at radius 1 is 0.958 bits per heavy atom. The van der Waals surface area contributed by atoms with E-state index in [4.69, 9.17) is 11.6 Å². The van der Waals surface area contributed by atoms with Crippen molar-refractivity contribution in [2.75, 3.05) is 10.6 Å². The number of aryl methyl sites for hydroxylation is 1. The van der Waals surface area contributed by atoms with E-state index in [0.717, 1.165) is 22.6 Å². The van der Waals surface area contributed by atoms with Crippen LogP contribution < -0.4 is 10.6 Å². The molecule has 4 nitrogen and oxygen atoms in total. The first-order valence-corrected chi connectivity index (χ1v) is 7.84. The second kappa shape index (κ2) is 7.15. The van der Waals surface area contributed by atoms with Gasteiger partial charge >= 0.3 is 0 Å². The van der Waals surface area contributed by atoms with Crippen LogP contribution in [-0.2, 0) is 0 Å². The molecule has 3 aromatic rings. The van der Waals surface area contributed by atoms with E-state index in [1.807, 2.05) is 55.5 Å². The van der Waals surface area contributed by atoms with Gasteiger partial charge in [-0.3, -0.25) is 4.79 Å². The molecule has 0 aliphatic carbocycles. The summed E-state index contributed by atoms with van der Waals surface area (Å²) in [4.78, 5) is 16.4. The molecule has 1 amide bonds. The van der Waals surface area contributed by atoms with Gasteiger partial charge in [0.1, 0.15) is 5.69 Å². The van der Waals surface area contributed by atoms with Crippen molar-refractivity contribution in [1.82, 2.24) is 4.98 Å². The van der Waals surface area contributed by atoms with Crippen LogP contribution in [0.25, 0.3) is 0 Å². The lowest BCUT2D eigenvalue weighted by Crippen LogP contribution is -2.13. The largest absolute Gasteiger partial charge is 0.354 e. The number of carbonyl (C=O) groups excluding carboxylic acids is 1. The topological polar surface area (TPSA) is 54.0 Å². The Balaban J connectivity index is 1.68. The second-order valence-electron chi connectivity index (χ2n) is 5.39. The van der Waals surface area contributed by atoms with Gasteiger partial charge in [-0.25, -0.2) is 4.98 Å². The van der Waals surface area contributed by atoms with Gasteiger partial charge in [-0.05, 0) is 55.0 Å². The highest BCUT2D eigenvalue weighted by Crippen LogP contribution is 2.20. The highest BCUT2D eigenvalue weighted by molar-refractivity contribution is 6.30. The second-order valence-corrected chi connectivity index (χ2v) is 5.83. The fraction of sp³-hybridized carbons (Fsp3) is 0.0526. The zero-order chi connectivity index (χ0) is 16.9. The molecule has 0 atom stereocenters. The molecule has 0 saturated carbocycles. The third-order valence-corrected chi connectivity index (χ3v) is 3.62. The van der Waals surface area contributed by atoms with Gasteiger partial charge in [-0.15, -0.1) is 0 Å². The van der Waals surface area contributed by atoms with E-state index in [9.17, 15) is 4.79 Å². The number of nitrogens with zero attached hydrogens (tertiary/aromatic N) is 1. The average Bonchev–Trinajstić information content (AvgIpc) is 2.55. The molecule has 120 valence electrons. The van der Waals surface area contributed by atoms with Crippen LogP contribution >= 0.6 is 11.6 Å². The molecule has 0 unspecified atom stereocenters. The van der Waals surface area contributed by atoms with Crippen molar-refractivity contribution < 1.29 is 4.79 Å². The standard InChI is InChI=1S/C19H16ClN3O/c1-13-4-2-6-15(10-13)23-19(24)18-9-8-17(12-21-18)22-16-7-3-5-14(20)11-16/h2-12,22H,1H3,(H,23,24). The molecule has 0 bridgehead atoms. The number of halogens is 1. The molecule has 1 heterocycles. The van der Waals surface area contributed by atoms with Crippen LogP contribution in [0.4, 0.5) is 17.1 Å². The van der Waals surface area contributed by atoms with E-state index >= 15 is 0 Å². The summed E-state index contributed by atoms with van der Waals surface area (Å²) in [6.45, 7) is 1.98. The third kappa shape index (κ3) is 4.12. The van der Waals surface area contributed by atoms with Crippen LogP contribution in [0.1, 0.15) is 16.1 Å².